The summed E-state index contributed by atoms with van der Waals surface area (Å²) in [6, 6.07) is 13.1. The third-order valence-corrected chi connectivity index (χ3v) is 4.61. The Balaban J connectivity index is 1.91. The number of nitrogens with one attached hydrogen (secondary N) is 1. The van der Waals surface area contributed by atoms with Crippen LogP contribution in [0, 0.1) is 10.1 Å². The van der Waals surface area contributed by atoms with Gasteiger partial charge in [0.15, 0.2) is 0 Å². The first-order chi connectivity index (χ1) is 10.2. The molecule has 5 nitrogen and oxygen atoms in total. The summed E-state index contributed by atoms with van der Waals surface area (Å²) in [5, 5.41) is 14.5. The van der Waals surface area contributed by atoms with Gasteiger partial charge < -0.3 is 10.1 Å². The van der Waals surface area contributed by atoms with E-state index in [0.717, 1.165) is 5.75 Å². The van der Waals surface area contributed by atoms with E-state index in [2.05, 4.69) is 17.4 Å². The Morgan fingerprint density at radius 2 is 2.14 bits per heavy atom. The van der Waals surface area contributed by atoms with Gasteiger partial charge in [-0.3, -0.25) is 10.1 Å². The third-order valence-electron chi connectivity index (χ3n) is 3.43. The maximum Gasteiger partial charge on any atom is 0.296 e. The van der Waals surface area contributed by atoms with E-state index in [0.29, 0.717) is 11.4 Å². The average Bonchev–Trinajstić information content (AvgIpc) is 2.91. The van der Waals surface area contributed by atoms with E-state index in [1.807, 2.05) is 12.1 Å². The number of nitro benzene ring substituents is 1. The van der Waals surface area contributed by atoms with Gasteiger partial charge >= 0.3 is 0 Å². The lowest BCUT2D eigenvalue weighted by Crippen LogP contribution is -2.11. The highest BCUT2D eigenvalue weighted by Crippen LogP contribution is 2.41. The maximum atomic E-state index is 11.2. The fourth-order valence-corrected chi connectivity index (χ4v) is 3.54. The second-order valence-corrected chi connectivity index (χ2v) is 5.75. The Kier molecular flexibility index (Phi) is 3.70. The predicted molar refractivity (Wildman–Crippen MR) is 83.2 cm³/mol. The molecule has 1 heterocycles. The topological polar surface area (TPSA) is 64.4 Å². The van der Waals surface area contributed by atoms with Crippen molar-refractivity contribution in [3.05, 3.63) is 58.1 Å². The van der Waals surface area contributed by atoms with Gasteiger partial charge in [-0.25, -0.2) is 0 Å². The number of nitrogens with zero attached hydrogens (tertiary/aromatic N) is 1. The van der Waals surface area contributed by atoms with Crippen LogP contribution in [-0.4, -0.2) is 17.8 Å². The molecule has 3 rings (SSSR count). The van der Waals surface area contributed by atoms with Crippen LogP contribution in [0.25, 0.3) is 0 Å². The zero-order chi connectivity index (χ0) is 14.8. The minimum atomic E-state index is -0.390. The van der Waals surface area contributed by atoms with Crippen LogP contribution in [0.3, 0.4) is 0 Å². The van der Waals surface area contributed by atoms with E-state index < -0.39 is 4.92 Å². The van der Waals surface area contributed by atoms with Crippen molar-refractivity contribution >= 4 is 23.1 Å². The molecule has 0 radical (unpaired) electrons. The van der Waals surface area contributed by atoms with Gasteiger partial charge in [-0.1, -0.05) is 18.2 Å². The van der Waals surface area contributed by atoms with Crippen LogP contribution in [0.15, 0.2) is 47.4 Å². The van der Waals surface area contributed by atoms with Gasteiger partial charge in [-0.05, 0) is 23.8 Å². The molecule has 1 unspecified atom stereocenters. The normalized spacial score (nSPS) is 16.3. The molecule has 0 aliphatic carbocycles. The zero-order valence-corrected chi connectivity index (χ0v) is 12.2. The maximum absolute atomic E-state index is 11.2. The SMILES string of the molecule is COc1ccc(NC2CSc3ccccc32)c([N+](=O)[O-])c1. The van der Waals surface area contributed by atoms with Gasteiger partial charge in [0.1, 0.15) is 11.4 Å². The van der Waals surface area contributed by atoms with Gasteiger partial charge in [0.2, 0.25) is 0 Å². The Bertz CT molecular complexity index is 690. The van der Waals surface area contributed by atoms with Gasteiger partial charge in [0, 0.05) is 10.6 Å². The number of hydrogen-bond donors (Lipinski definition) is 1. The summed E-state index contributed by atoms with van der Waals surface area (Å²) < 4.78 is 5.05. The molecule has 0 amide bonds. The number of methoxy groups -OCH3 is 1. The minimum Gasteiger partial charge on any atom is -0.496 e. The molecule has 1 aliphatic heterocycles. The second kappa shape index (κ2) is 5.65. The van der Waals surface area contributed by atoms with E-state index in [9.17, 15) is 10.1 Å². The fraction of sp³-hybridized carbons (Fsp3) is 0.200. The van der Waals surface area contributed by atoms with Crippen molar-refractivity contribution < 1.29 is 9.66 Å². The number of anilines is 1. The number of thioether (sulfide) groups is 1. The van der Waals surface area contributed by atoms with E-state index in [4.69, 9.17) is 4.74 Å². The molecule has 0 spiro atoms. The van der Waals surface area contributed by atoms with Gasteiger partial charge in [-0.15, -0.1) is 11.8 Å². The second-order valence-electron chi connectivity index (χ2n) is 4.69. The molecule has 6 heteroatoms. The lowest BCUT2D eigenvalue weighted by Gasteiger charge is -2.15. The van der Waals surface area contributed by atoms with Crippen LogP contribution in [-0.2, 0) is 0 Å². The van der Waals surface area contributed by atoms with Crippen molar-refractivity contribution in [2.24, 2.45) is 0 Å². The summed E-state index contributed by atoms with van der Waals surface area (Å²) in [7, 11) is 1.50. The van der Waals surface area contributed by atoms with Crippen LogP contribution >= 0.6 is 11.8 Å². The highest BCUT2D eigenvalue weighted by atomic mass is 32.2. The van der Waals surface area contributed by atoms with Gasteiger partial charge in [0.05, 0.1) is 24.1 Å². The molecule has 2 aromatic rings. The molecule has 0 saturated carbocycles. The monoisotopic (exact) mass is 302 g/mol. The van der Waals surface area contributed by atoms with Crippen LogP contribution in [0.5, 0.6) is 5.75 Å². The summed E-state index contributed by atoms with van der Waals surface area (Å²) >= 11 is 1.76. The first-order valence-electron chi connectivity index (χ1n) is 6.49. The molecule has 0 bridgehead atoms. The first kappa shape index (κ1) is 13.8. The number of nitro groups is 1. The largest absolute Gasteiger partial charge is 0.496 e. The van der Waals surface area contributed by atoms with Crippen molar-refractivity contribution in [1.29, 1.82) is 0 Å². The number of ether oxygens (including phenoxy) is 1. The highest BCUT2D eigenvalue weighted by molar-refractivity contribution is 7.99. The minimum absolute atomic E-state index is 0.0312. The van der Waals surface area contributed by atoms with Crippen molar-refractivity contribution in [3.63, 3.8) is 0 Å². The lowest BCUT2D eigenvalue weighted by atomic mass is 10.1. The third kappa shape index (κ3) is 2.67. The molecule has 0 saturated heterocycles. The van der Waals surface area contributed by atoms with Crippen LogP contribution in [0.2, 0.25) is 0 Å². The molecule has 108 valence electrons. The van der Waals surface area contributed by atoms with Gasteiger partial charge in [0.25, 0.3) is 5.69 Å². The van der Waals surface area contributed by atoms with Crippen LogP contribution < -0.4 is 10.1 Å². The van der Waals surface area contributed by atoms with E-state index in [1.54, 1.807) is 23.9 Å². The molecular formula is C15H14N2O3S. The first-order valence-corrected chi connectivity index (χ1v) is 7.48. The van der Waals surface area contributed by atoms with E-state index in [-0.39, 0.29) is 11.7 Å². The van der Waals surface area contributed by atoms with Crippen molar-refractivity contribution in [1.82, 2.24) is 0 Å². The molecule has 2 aromatic carbocycles. The summed E-state index contributed by atoms with van der Waals surface area (Å²) in [5.74, 6) is 1.34. The molecule has 21 heavy (non-hydrogen) atoms. The molecule has 1 aliphatic rings. The summed E-state index contributed by atoms with van der Waals surface area (Å²) in [6.07, 6.45) is 0. The van der Waals surface area contributed by atoms with Crippen molar-refractivity contribution in [2.75, 3.05) is 18.2 Å². The van der Waals surface area contributed by atoms with E-state index in [1.165, 1.54) is 23.6 Å². The summed E-state index contributed by atoms with van der Waals surface area (Å²) in [5.41, 5.74) is 1.74. The highest BCUT2D eigenvalue weighted by Gasteiger charge is 2.25. The van der Waals surface area contributed by atoms with Crippen molar-refractivity contribution in [2.45, 2.75) is 10.9 Å². The molecule has 0 fully saturated rings. The quantitative estimate of drug-likeness (QED) is 0.686. The summed E-state index contributed by atoms with van der Waals surface area (Å²) in [4.78, 5) is 12.1. The lowest BCUT2D eigenvalue weighted by molar-refractivity contribution is -0.384. The Morgan fingerprint density at radius 3 is 2.90 bits per heavy atom. The van der Waals surface area contributed by atoms with Crippen LogP contribution in [0.4, 0.5) is 11.4 Å². The molecule has 1 atom stereocenters. The number of fused-ring (bicyclic) bond motifs is 1. The fourth-order valence-electron chi connectivity index (χ4n) is 2.38. The smallest absolute Gasteiger partial charge is 0.296 e. The van der Waals surface area contributed by atoms with Crippen LogP contribution in [0.1, 0.15) is 11.6 Å². The summed E-state index contributed by atoms with van der Waals surface area (Å²) in [6.45, 7) is 0. The molecule has 1 N–H and O–H groups in total. The molecular weight excluding hydrogens is 288 g/mol. The zero-order valence-electron chi connectivity index (χ0n) is 11.4. The van der Waals surface area contributed by atoms with Gasteiger partial charge in [-0.2, -0.15) is 0 Å². The number of benzene rings is 2. The Hall–Kier alpha value is -2.21. The molecule has 0 aromatic heterocycles. The van der Waals surface area contributed by atoms with Crippen molar-refractivity contribution in [3.8, 4) is 5.75 Å². The Labute approximate surface area is 126 Å². The predicted octanol–water partition coefficient (Wildman–Crippen LogP) is 3.86. The number of rotatable bonds is 4. The Morgan fingerprint density at radius 1 is 1.33 bits per heavy atom. The van der Waals surface area contributed by atoms with E-state index >= 15 is 0 Å². The standard InChI is InChI=1S/C15H14N2O3S/c1-20-10-6-7-12(14(8-10)17(18)19)16-13-9-21-15-5-3-2-4-11(13)15/h2-8,13,16H,9H2,1H3. The number of hydrogen-bond acceptors (Lipinski definition) is 5. The average molecular weight is 302 g/mol.